The molecule has 0 saturated heterocycles. The van der Waals surface area contributed by atoms with E-state index in [1.807, 2.05) is 6.92 Å². The molecule has 1 atom stereocenters. The molecule has 1 aliphatic rings. The van der Waals surface area contributed by atoms with Gasteiger partial charge in [-0.1, -0.05) is 25.5 Å². The van der Waals surface area contributed by atoms with Gasteiger partial charge in [-0.15, -0.1) is 0 Å². The zero-order valence-electron chi connectivity index (χ0n) is 21.9. The summed E-state index contributed by atoms with van der Waals surface area (Å²) >= 11 is 0. The highest BCUT2D eigenvalue weighted by Gasteiger charge is 2.36. The van der Waals surface area contributed by atoms with Crippen molar-refractivity contribution in [2.24, 2.45) is 0 Å². The summed E-state index contributed by atoms with van der Waals surface area (Å²) in [6.45, 7) is 7.78. The van der Waals surface area contributed by atoms with Crippen LogP contribution in [0.4, 0.5) is 16.2 Å². The molecular formula is C28H32N4O6. The van der Waals surface area contributed by atoms with E-state index < -0.39 is 22.8 Å². The molecule has 10 nitrogen and oxygen atoms in total. The number of urea groups is 1. The Kier molecular flexibility index (Phi) is 9.37. The fraction of sp³-hybridized carbons (Fsp3) is 0.321. The summed E-state index contributed by atoms with van der Waals surface area (Å²) in [6.07, 6.45) is 4.21. The summed E-state index contributed by atoms with van der Waals surface area (Å²) in [4.78, 5) is 50.4. The maximum absolute atomic E-state index is 13.1. The monoisotopic (exact) mass is 520 g/mol. The molecule has 0 bridgehead atoms. The van der Waals surface area contributed by atoms with Gasteiger partial charge < -0.3 is 15.4 Å². The van der Waals surface area contributed by atoms with Crippen LogP contribution in [0.2, 0.25) is 0 Å². The third-order valence-corrected chi connectivity index (χ3v) is 5.91. The number of carbonyl (C=O) groups is 3. The fourth-order valence-corrected chi connectivity index (χ4v) is 4.02. The van der Waals surface area contributed by atoms with E-state index in [-0.39, 0.29) is 17.8 Å². The van der Waals surface area contributed by atoms with E-state index in [1.54, 1.807) is 68.1 Å². The largest absolute Gasteiger partial charge is 0.459 e. The van der Waals surface area contributed by atoms with E-state index in [2.05, 4.69) is 10.6 Å². The highest BCUT2D eigenvalue weighted by molar-refractivity contribution is 6.02. The van der Waals surface area contributed by atoms with Crippen molar-refractivity contribution in [1.29, 1.82) is 0 Å². The maximum atomic E-state index is 13.1. The molecule has 1 heterocycles. The normalized spacial score (nSPS) is 15.6. The molecule has 2 aromatic rings. The van der Waals surface area contributed by atoms with Gasteiger partial charge >= 0.3 is 12.0 Å². The lowest BCUT2D eigenvalue weighted by Crippen LogP contribution is -2.48. The molecule has 0 fully saturated rings. The molecule has 0 aromatic heterocycles. The summed E-state index contributed by atoms with van der Waals surface area (Å²) in [5.74, 6) is -0.922. The summed E-state index contributed by atoms with van der Waals surface area (Å²) < 4.78 is 5.50. The molecule has 1 unspecified atom stereocenters. The number of allylic oxidation sites excluding steroid dienone is 1. The smallest absolute Gasteiger partial charge is 0.338 e. The third-order valence-electron chi connectivity index (χ3n) is 5.91. The third kappa shape index (κ3) is 7.06. The average molecular weight is 521 g/mol. The number of benzene rings is 2. The Morgan fingerprint density at radius 2 is 1.92 bits per heavy atom. The van der Waals surface area contributed by atoms with Gasteiger partial charge in [-0.2, -0.15) is 0 Å². The Morgan fingerprint density at radius 3 is 2.55 bits per heavy atom. The number of nitrogens with zero attached hydrogens (tertiary/aromatic N) is 2. The zero-order valence-corrected chi connectivity index (χ0v) is 21.9. The molecule has 0 saturated carbocycles. The van der Waals surface area contributed by atoms with Gasteiger partial charge in [0.15, 0.2) is 0 Å². The first kappa shape index (κ1) is 28.1. The number of ether oxygens (including phenoxy) is 1. The van der Waals surface area contributed by atoms with Gasteiger partial charge in [0.25, 0.3) is 5.69 Å². The van der Waals surface area contributed by atoms with Crippen molar-refractivity contribution in [3.05, 3.63) is 87.1 Å². The molecule has 2 N–H and O–H groups in total. The lowest BCUT2D eigenvalue weighted by molar-refractivity contribution is -0.384. The summed E-state index contributed by atoms with van der Waals surface area (Å²) in [5, 5.41) is 16.5. The molecule has 2 aromatic carbocycles. The first-order chi connectivity index (χ1) is 18.1. The quantitative estimate of drug-likeness (QED) is 0.188. The number of hydrogen-bond donors (Lipinski definition) is 2. The van der Waals surface area contributed by atoms with E-state index in [9.17, 15) is 24.5 Å². The predicted octanol–water partition coefficient (Wildman–Crippen LogP) is 5.34. The lowest BCUT2D eigenvalue weighted by Gasteiger charge is -2.35. The van der Waals surface area contributed by atoms with Crippen molar-refractivity contribution >= 4 is 35.4 Å². The van der Waals surface area contributed by atoms with Gasteiger partial charge in [0.05, 0.1) is 22.6 Å². The Morgan fingerprint density at radius 1 is 1.21 bits per heavy atom. The van der Waals surface area contributed by atoms with Crippen LogP contribution in [0.1, 0.15) is 57.7 Å². The van der Waals surface area contributed by atoms with Crippen LogP contribution in [0.25, 0.3) is 6.08 Å². The minimum absolute atomic E-state index is 0.0346. The number of hydrogen-bond acceptors (Lipinski definition) is 6. The van der Waals surface area contributed by atoms with Crippen molar-refractivity contribution in [1.82, 2.24) is 10.2 Å². The first-order valence-electron chi connectivity index (χ1n) is 12.4. The molecular weight excluding hydrogens is 488 g/mol. The fourth-order valence-electron chi connectivity index (χ4n) is 4.02. The predicted molar refractivity (Wildman–Crippen MR) is 144 cm³/mol. The minimum atomic E-state index is -0.751. The van der Waals surface area contributed by atoms with E-state index in [0.717, 1.165) is 12.8 Å². The van der Waals surface area contributed by atoms with Crippen LogP contribution in [0.15, 0.2) is 65.9 Å². The Bertz CT molecular complexity index is 1270. The molecule has 0 radical (unpaired) electrons. The van der Waals surface area contributed by atoms with Gasteiger partial charge in [-0.25, -0.2) is 9.59 Å². The highest BCUT2D eigenvalue weighted by atomic mass is 16.6. The second-order valence-corrected chi connectivity index (χ2v) is 9.14. The molecule has 0 aliphatic carbocycles. The SMILES string of the molecule is CCCCN1C(=O)NC(c2cccc(NC(=O)/C=C/c3ccc([N+](=O)[O-])cc3)c2)C(C(=O)OC(C)C)=C1C. The van der Waals surface area contributed by atoms with Gasteiger partial charge in [0, 0.05) is 36.1 Å². The Labute approximate surface area is 221 Å². The van der Waals surface area contributed by atoms with Crippen LogP contribution in [0.5, 0.6) is 0 Å². The van der Waals surface area contributed by atoms with Crippen molar-refractivity contribution < 1.29 is 24.0 Å². The molecule has 1 aliphatic heterocycles. The standard InChI is InChI=1S/C28H32N4O6/c1-5-6-16-31-19(4)25(27(34)38-18(2)3)26(30-28(31)35)21-8-7-9-22(17-21)29-24(33)15-12-20-10-13-23(14-11-20)32(36)37/h7-15,17-18,26H,5-6,16H2,1-4H3,(H,29,33)(H,30,35)/b15-12+. The minimum Gasteiger partial charge on any atom is -0.459 e. The van der Waals surface area contributed by atoms with Crippen LogP contribution in [-0.4, -0.2) is 40.4 Å². The maximum Gasteiger partial charge on any atom is 0.338 e. The van der Waals surface area contributed by atoms with E-state index >= 15 is 0 Å². The Hall–Kier alpha value is -4.47. The van der Waals surface area contributed by atoms with Crippen molar-refractivity contribution in [3.63, 3.8) is 0 Å². The molecule has 3 rings (SSSR count). The van der Waals surface area contributed by atoms with Crippen LogP contribution in [0, 0.1) is 10.1 Å². The summed E-state index contributed by atoms with van der Waals surface area (Å²) in [6, 6.07) is 11.6. The number of nitro groups is 1. The van der Waals surface area contributed by atoms with E-state index in [0.29, 0.717) is 34.6 Å². The number of amides is 3. The second-order valence-electron chi connectivity index (χ2n) is 9.14. The highest BCUT2D eigenvalue weighted by Crippen LogP contribution is 2.33. The molecule has 200 valence electrons. The zero-order chi connectivity index (χ0) is 27.8. The number of nitro benzene ring substituents is 1. The number of carbonyl (C=O) groups excluding carboxylic acids is 3. The van der Waals surface area contributed by atoms with Crippen molar-refractivity contribution in [2.45, 2.75) is 52.7 Å². The lowest BCUT2D eigenvalue weighted by atomic mass is 9.94. The van der Waals surface area contributed by atoms with Gasteiger partial charge in [-0.3, -0.25) is 19.8 Å². The first-order valence-corrected chi connectivity index (χ1v) is 12.4. The summed E-state index contributed by atoms with van der Waals surface area (Å²) in [7, 11) is 0. The van der Waals surface area contributed by atoms with E-state index in [4.69, 9.17) is 4.74 Å². The topological polar surface area (TPSA) is 131 Å². The van der Waals surface area contributed by atoms with Crippen LogP contribution in [0.3, 0.4) is 0 Å². The van der Waals surface area contributed by atoms with Gasteiger partial charge in [-0.05, 0) is 68.7 Å². The number of nitrogens with one attached hydrogen (secondary N) is 2. The number of anilines is 1. The van der Waals surface area contributed by atoms with E-state index in [1.165, 1.54) is 18.2 Å². The second kappa shape index (κ2) is 12.7. The molecule has 0 spiro atoms. The number of non-ortho nitro benzene ring substituents is 1. The Balaban J connectivity index is 1.83. The van der Waals surface area contributed by atoms with Crippen LogP contribution >= 0.6 is 0 Å². The molecule has 3 amide bonds. The molecule has 10 heteroatoms. The average Bonchev–Trinajstić information content (AvgIpc) is 2.87. The van der Waals surface area contributed by atoms with Crippen molar-refractivity contribution in [3.8, 4) is 0 Å². The number of rotatable bonds is 10. The molecule has 38 heavy (non-hydrogen) atoms. The van der Waals surface area contributed by atoms with Gasteiger partial charge in [0.1, 0.15) is 0 Å². The van der Waals surface area contributed by atoms with Crippen LogP contribution < -0.4 is 10.6 Å². The van der Waals surface area contributed by atoms with Crippen molar-refractivity contribution in [2.75, 3.05) is 11.9 Å². The summed E-state index contributed by atoms with van der Waals surface area (Å²) in [5.41, 5.74) is 2.56. The number of esters is 1. The van der Waals surface area contributed by atoms with Crippen LogP contribution in [-0.2, 0) is 14.3 Å². The number of unbranched alkanes of at least 4 members (excludes halogenated alkanes) is 1. The van der Waals surface area contributed by atoms with Gasteiger partial charge in [0.2, 0.25) is 5.91 Å².